The van der Waals surface area contributed by atoms with Crippen LogP contribution in [0.4, 0.5) is 0 Å². The summed E-state index contributed by atoms with van der Waals surface area (Å²) < 4.78 is 28.1. The van der Waals surface area contributed by atoms with E-state index in [-0.39, 0.29) is 23.3 Å². The van der Waals surface area contributed by atoms with Crippen LogP contribution in [-0.4, -0.2) is 31.7 Å². The molecule has 1 aliphatic rings. The second-order valence-corrected chi connectivity index (χ2v) is 10.5. The number of nitrogens with zero attached hydrogens (tertiary/aromatic N) is 1. The molecule has 1 aliphatic heterocycles. The van der Waals surface area contributed by atoms with Crippen LogP contribution < -0.4 is 5.32 Å². The quantitative estimate of drug-likeness (QED) is 0.471. The van der Waals surface area contributed by atoms with Crippen molar-refractivity contribution in [2.45, 2.75) is 24.3 Å². The molecule has 1 atom stereocenters. The molecular weight excluding hydrogens is 432 g/mol. The zero-order valence-corrected chi connectivity index (χ0v) is 19.1. The van der Waals surface area contributed by atoms with Gasteiger partial charge in [-0.3, -0.25) is 4.79 Å². The van der Waals surface area contributed by atoms with Gasteiger partial charge in [0, 0.05) is 19.6 Å². The molecule has 33 heavy (non-hydrogen) atoms. The van der Waals surface area contributed by atoms with Gasteiger partial charge in [-0.15, -0.1) is 0 Å². The van der Waals surface area contributed by atoms with Crippen LogP contribution in [0.3, 0.4) is 0 Å². The maximum Gasteiger partial charge on any atom is 0.243 e. The van der Waals surface area contributed by atoms with E-state index in [0.717, 1.165) is 27.1 Å². The molecule has 5 nitrogen and oxygen atoms in total. The highest BCUT2D eigenvalue weighted by molar-refractivity contribution is 7.89. The molecule has 0 spiro atoms. The van der Waals surface area contributed by atoms with E-state index in [0.29, 0.717) is 25.9 Å². The lowest BCUT2D eigenvalue weighted by Crippen LogP contribution is -2.45. The summed E-state index contributed by atoms with van der Waals surface area (Å²) in [5.74, 6) is -0.453. The SMILES string of the molecule is O=C(NCc1cccc2ccccc12)[C@@H]1CCCN(S(=O)(=O)c2ccc3ccccc3c2)C1. The fraction of sp³-hybridized carbons (Fsp3) is 0.222. The van der Waals surface area contributed by atoms with Crippen molar-refractivity contribution < 1.29 is 13.2 Å². The van der Waals surface area contributed by atoms with E-state index in [4.69, 9.17) is 0 Å². The standard InChI is InChI=1S/C27H26N2O3S/c30-27(28-18-23-11-5-10-21-8-3-4-13-26(21)23)24-12-6-16-29(19-24)33(31,32)25-15-14-20-7-1-2-9-22(20)17-25/h1-5,7-11,13-15,17,24H,6,12,16,18-19H2,(H,28,30)/t24-/m1/s1. The maximum atomic E-state index is 13.3. The molecule has 1 amide bonds. The largest absolute Gasteiger partial charge is 0.352 e. The van der Waals surface area contributed by atoms with E-state index in [9.17, 15) is 13.2 Å². The Bertz CT molecular complexity index is 1430. The molecule has 4 aromatic rings. The van der Waals surface area contributed by atoms with Crippen LogP contribution in [0.15, 0.2) is 89.8 Å². The molecule has 0 saturated carbocycles. The number of hydrogen-bond acceptors (Lipinski definition) is 3. The normalized spacial score (nSPS) is 17.3. The molecule has 6 heteroatoms. The van der Waals surface area contributed by atoms with Crippen LogP contribution in [0, 0.1) is 5.92 Å². The summed E-state index contributed by atoms with van der Waals surface area (Å²) in [6, 6.07) is 27.1. The Morgan fingerprint density at radius 2 is 1.61 bits per heavy atom. The van der Waals surface area contributed by atoms with Crippen molar-refractivity contribution in [3.63, 3.8) is 0 Å². The number of carbonyl (C=O) groups is 1. The van der Waals surface area contributed by atoms with E-state index in [1.807, 2.05) is 54.6 Å². The van der Waals surface area contributed by atoms with Crippen LogP contribution in [-0.2, 0) is 21.4 Å². The van der Waals surface area contributed by atoms with Crippen molar-refractivity contribution in [1.29, 1.82) is 0 Å². The Labute approximate surface area is 194 Å². The summed E-state index contributed by atoms with van der Waals surface area (Å²) in [6.45, 7) is 1.06. The first-order valence-electron chi connectivity index (χ1n) is 11.3. The zero-order valence-electron chi connectivity index (χ0n) is 18.3. The van der Waals surface area contributed by atoms with Gasteiger partial charge in [-0.25, -0.2) is 8.42 Å². The van der Waals surface area contributed by atoms with Crippen LogP contribution in [0.1, 0.15) is 18.4 Å². The van der Waals surface area contributed by atoms with Crippen molar-refractivity contribution in [3.05, 3.63) is 90.5 Å². The van der Waals surface area contributed by atoms with Gasteiger partial charge in [0.1, 0.15) is 0 Å². The van der Waals surface area contributed by atoms with Crippen molar-refractivity contribution in [2.75, 3.05) is 13.1 Å². The molecule has 0 unspecified atom stereocenters. The first-order chi connectivity index (χ1) is 16.0. The zero-order chi connectivity index (χ0) is 22.8. The first-order valence-corrected chi connectivity index (χ1v) is 12.7. The molecule has 4 aromatic carbocycles. The molecule has 0 radical (unpaired) electrons. The highest BCUT2D eigenvalue weighted by atomic mass is 32.2. The Kier molecular flexibility index (Phi) is 5.87. The molecule has 5 rings (SSSR count). The number of piperidine rings is 1. The third kappa shape index (κ3) is 4.36. The summed E-state index contributed by atoms with van der Waals surface area (Å²) in [7, 11) is -3.66. The van der Waals surface area contributed by atoms with Crippen LogP contribution in [0.25, 0.3) is 21.5 Å². The lowest BCUT2D eigenvalue weighted by Gasteiger charge is -2.31. The van der Waals surface area contributed by atoms with Crippen LogP contribution >= 0.6 is 0 Å². The third-order valence-electron chi connectivity index (χ3n) is 6.45. The fourth-order valence-corrected chi connectivity index (χ4v) is 6.18. The molecule has 0 bridgehead atoms. The smallest absolute Gasteiger partial charge is 0.243 e. The molecule has 1 N–H and O–H groups in total. The van der Waals surface area contributed by atoms with Crippen molar-refractivity contribution in [3.8, 4) is 0 Å². The number of fused-ring (bicyclic) bond motifs is 2. The van der Waals surface area contributed by atoms with Crippen LogP contribution in [0.5, 0.6) is 0 Å². The molecule has 1 saturated heterocycles. The Hall–Kier alpha value is -3.22. The summed E-state index contributed by atoms with van der Waals surface area (Å²) in [5.41, 5.74) is 1.05. The van der Waals surface area contributed by atoms with Crippen molar-refractivity contribution >= 4 is 37.5 Å². The van der Waals surface area contributed by atoms with Gasteiger partial charge in [-0.05, 0) is 52.1 Å². The van der Waals surface area contributed by atoms with Crippen molar-refractivity contribution in [1.82, 2.24) is 9.62 Å². The average Bonchev–Trinajstić information content (AvgIpc) is 2.87. The Morgan fingerprint density at radius 3 is 2.45 bits per heavy atom. The first kappa shape index (κ1) is 21.6. The van der Waals surface area contributed by atoms with Gasteiger partial charge in [0.2, 0.25) is 15.9 Å². The summed E-state index contributed by atoms with van der Waals surface area (Å²) in [5, 5.41) is 7.18. The molecule has 1 fully saturated rings. The van der Waals surface area contributed by atoms with Gasteiger partial charge in [-0.2, -0.15) is 4.31 Å². The number of carbonyl (C=O) groups excluding carboxylic acids is 1. The van der Waals surface area contributed by atoms with E-state index in [2.05, 4.69) is 23.5 Å². The number of sulfonamides is 1. The number of benzene rings is 4. The molecule has 0 aromatic heterocycles. The van der Waals surface area contributed by atoms with Gasteiger partial charge >= 0.3 is 0 Å². The Balaban J connectivity index is 1.30. The highest BCUT2D eigenvalue weighted by Gasteiger charge is 2.33. The summed E-state index contributed by atoms with van der Waals surface area (Å²) in [6.07, 6.45) is 1.35. The van der Waals surface area contributed by atoms with Gasteiger partial charge in [0.15, 0.2) is 0 Å². The third-order valence-corrected chi connectivity index (χ3v) is 8.31. The fourth-order valence-electron chi connectivity index (χ4n) is 4.62. The van der Waals surface area contributed by atoms with Gasteiger partial charge in [0.25, 0.3) is 0 Å². The van der Waals surface area contributed by atoms with E-state index < -0.39 is 10.0 Å². The number of nitrogens with one attached hydrogen (secondary N) is 1. The average molecular weight is 459 g/mol. The number of amides is 1. The molecule has 1 heterocycles. The van der Waals surface area contributed by atoms with Gasteiger partial charge < -0.3 is 5.32 Å². The predicted molar refractivity (Wildman–Crippen MR) is 131 cm³/mol. The highest BCUT2D eigenvalue weighted by Crippen LogP contribution is 2.26. The summed E-state index contributed by atoms with van der Waals surface area (Å²) in [4.78, 5) is 13.2. The number of hydrogen-bond donors (Lipinski definition) is 1. The second kappa shape index (κ2) is 8.96. The lowest BCUT2D eigenvalue weighted by molar-refractivity contribution is -0.126. The lowest BCUT2D eigenvalue weighted by atomic mass is 9.98. The van der Waals surface area contributed by atoms with Gasteiger partial charge in [-0.1, -0.05) is 72.8 Å². The number of rotatable bonds is 5. The van der Waals surface area contributed by atoms with Crippen LogP contribution in [0.2, 0.25) is 0 Å². The monoisotopic (exact) mass is 458 g/mol. The minimum absolute atomic E-state index is 0.0960. The Morgan fingerprint density at radius 1 is 0.879 bits per heavy atom. The predicted octanol–water partition coefficient (Wildman–Crippen LogP) is 4.71. The van der Waals surface area contributed by atoms with E-state index >= 15 is 0 Å². The van der Waals surface area contributed by atoms with Crippen molar-refractivity contribution in [2.24, 2.45) is 5.92 Å². The van der Waals surface area contributed by atoms with E-state index in [1.165, 1.54) is 4.31 Å². The van der Waals surface area contributed by atoms with Gasteiger partial charge in [0.05, 0.1) is 10.8 Å². The molecular formula is C27H26N2O3S. The summed E-state index contributed by atoms with van der Waals surface area (Å²) >= 11 is 0. The second-order valence-electron chi connectivity index (χ2n) is 8.57. The minimum atomic E-state index is -3.66. The molecule has 168 valence electrons. The minimum Gasteiger partial charge on any atom is -0.352 e. The maximum absolute atomic E-state index is 13.3. The molecule has 0 aliphatic carbocycles. The topological polar surface area (TPSA) is 66.5 Å². The van der Waals surface area contributed by atoms with E-state index in [1.54, 1.807) is 12.1 Å².